The number of carbonyl (C=O) groups excluding carboxylic acids is 2. The second-order valence-corrected chi connectivity index (χ2v) is 8.37. The van der Waals surface area contributed by atoms with Gasteiger partial charge < -0.3 is 29.6 Å². The van der Waals surface area contributed by atoms with Crippen molar-refractivity contribution in [2.24, 2.45) is 5.92 Å². The summed E-state index contributed by atoms with van der Waals surface area (Å²) in [5, 5.41) is 6.30. The van der Waals surface area contributed by atoms with Crippen molar-refractivity contribution in [1.82, 2.24) is 0 Å². The van der Waals surface area contributed by atoms with E-state index < -0.39 is 12.0 Å². The Morgan fingerprint density at radius 2 is 1.78 bits per heavy atom. The summed E-state index contributed by atoms with van der Waals surface area (Å²) in [4.78, 5) is 25.2. The van der Waals surface area contributed by atoms with E-state index in [4.69, 9.17) is 18.9 Å². The maximum atomic E-state index is 12.6. The molecule has 0 atom stereocenters. The van der Waals surface area contributed by atoms with E-state index in [1.54, 1.807) is 37.4 Å². The van der Waals surface area contributed by atoms with Crippen LogP contribution in [-0.4, -0.2) is 39.9 Å². The minimum absolute atomic E-state index is 0.280. The molecule has 2 aromatic carbocycles. The van der Waals surface area contributed by atoms with Gasteiger partial charge in [-0.15, -0.1) is 11.3 Å². The zero-order chi connectivity index (χ0) is 23.3. The van der Waals surface area contributed by atoms with E-state index in [0.29, 0.717) is 40.1 Å². The van der Waals surface area contributed by atoms with Gasteiger partial charge in [0.15, 0.2) is 10.6 Å². The molecule has 0 aliphatic heterocycles. The van der Waals surface area contributed by atoms with Crippen LogP contribution in [0.4, 0.5) is 16.2 Å². The number of nitrogens with one attached hydrogen (secondary N) is 2. The van der Waals surface area contributed by atoms with Crippen LogP contribution < -0.4 is 24.8 Å². The minimum atomic E-state index is -0.455. The van der Waals surface area contributed by atoms with Gasteiger partial charge in [0.25, 0.3) is 0 Å². The Morgan fingerprint density at radius 1 is 1.00 bits per heavy atom. The highest BCUT2D eigenvalue weighted by molar-refractivity contribution is 7.21. The summed E-state index contributed by atoms with van der Waals surface area (Å²) in [6.45, 7) is 4.50. The van der Waals surface area contributed by atoms with Gasteiger partial charge in [-0.05, 0) is 36.2 Å². The van der Waals surface area contributed by atoms with Gasteiger partial charge in [0.1, 0.15) is 11.5 Å². The number of urea groups is 1. The molecule has 3 aromatic rings. The second kappa shape index (κ2) is 10.2. The molecule has 0 fully saturated rings. The molecule has 9 heteroatoms. The summed E-state index contributed by atoms with van der Waals surface area (Å²) in [5.41, 5.74) is 1.04. The van der Waals surface area contributed by atoms with Crippen LogP contribution in [-0.2, 0) is 4.74 Å². The van der Waals surface area contributed by atoms with Crippen molar-refractivity contribution in [1.29, 1.82) is 0 Å². The van der Waals surface area contributed by atoms with Gasteiger partial charge in [-0.1, -0.05) is 13.8 Å². The third-order valence-corrected chi connectivity index (χ3v) is 5.62. The van der Waals surface area contributed by atoms with E-state index in [2.05, 4.69) is 10.6 Å². The van der Waals surface area contributed by atoms with Crippen molar-refractivity contribution in [2.45, 2.75) is 13.8 Å². The van der Waals surface area contributed by atoms with E-state index in [9.17, 15) is 9.59 Å². The summed E-state index contributed by atoms with van der Waals surface area (Å²) in [5.74, 6) is 1.38. The van der Waals surface area contributed by atoms with E-state index >= 15 is 0 Å². The van der Waals surface area contributed by atoms with Gasteiger partial charge in [0.2, 0.25) is 0 Å². The number of esters is 1. The van der Waals surface area contributed by atoms with E-state index in [0.717, 1.165) is 10.1 Å². The number of carbonyl (C=O) groups is 2. The molecule has 3 rings (SSSR count). The normalized spacial score (nSPS) is 10.7. The fraction of sp³-hybridized carbons (Fsp3) is 0.304. The molecule has 2 amide bonds. The molecule has 8 nitrogen and oxygen atoms in total. The first-order valence-corrected chi connectivity index (χ1v) is 10.8. The van der Waals surface area contributed by atoms with Crippen LogP contribution in [0.3, 0.4) is 0 Å². The van der Waals surface area contributed by atoms with Gasteiger partial charge >= 0.3 is 12.0 Å². The van der Waals surface area contributed by atoms with Gasteiger partial charge in [0, 0.05) is 21.8 Å². The van der Waals surface area contributed by atoms with E-state index in [1.165, 1.54) is 25.6 Å². The van der Waals surface area contributed by atoms with Crippen LogP contribution in [0.1, 0.15) is 23.5 Å². The first kappa shape index (κ1) is 23.2. The highest BCUT2D eigenvalue weighted by Crippen LogP contribution is 2.40. The molecule has 32 heavy (non-hydrogen) atoms. The Kier molecular flexibility index (Phi) is 7.42. The Balaban J connectivity index is 1.85. The number of fused-ring (bicyclic) bond motifs is 1. The molecule has 170 valence electrons. The van der Waals surface area contributed by atoms with Gasteiger partial charge in [0.05, 0.1) is 33.6 Å². The summed E-state index contributed by atoms with van der Waals surface area (Å²) in [6.07, 6.45) is 0. The van der Waals surface area contributed by atoms with Gasteiger partial charge in [-0.2, -0.15) is 0 Å². The molecular formula is C23H26N2O6S. The van der Waals surface area contributed by atoms with E-state index in [1.807, 2.05) is 19.9 Å². The fourth-order valence-electron chi connectivity index (χ4n) is 2.96. The zero-order valence-corrected chi connectivity index (χ0v) is 19.4. The zero-order valence-electron chi connectivity index (χ0n) is 18.6. The lowest BCUT2D eigenvalue weighted by atomic mass is 10.2. The van der Waals surface area contributed by atoms with Crippen LogP contribution in [0.5, 0.6) is 17.2 Å². The van der Waals surface area contributed by atoms with Gasteiger partial charge in [-0.25, -0.2) is 9.59 Å². The third-order valence-electron chi connectivity index (χ3n) is 4.49. The largest absolute Gasteiger partial charge is 0.497 e. The lowest BCUT2D eigenvalue weighted by molar-refractivity contribution is 0.0601. The highest BCUT2D eigenvalue weighted by Gasteiger charge is 2.21. The van der Waals surface area contributed by atoms with Crippen molar-refractivity contribution in [3.63, 3.8) is 0 Å². The minimum Gasteiger partial charge on any atom is -0.497 e. The number of anilines is 2. The number of rotatable bonds is 8. The molecule has 0 saturated carbocycles. The third kappa shape index (κ3) is 5.23. The van der Waals surface area contributed by atoms with Crippen molar-refractivity contribution in [3.8, 4) is 17.2 Å². The second-order valence-electron chi connectivity index (χ2n) is 7.31. The molecule has 1 aromatic heterocycles. The molecule has 1 heterocycles. The molecular weight excluding hydrogens is 432 g/mol. The van der Waals surface area contributed by atoms with Crippen molar-refractivity contribution in [2.75, 3.05) is 38.6 Å². The maximum Gasteiger partial charge on any atom is 0.351 e. The number of ether oxygens (including phenoxy) is 4. The molecule has 0 bridgehead atoms. The Hall–Kier alpha value is -3.46. The quantitative estimate of drug-likeness (QED) is 0.440. The molecule has 0 aliphatic rings. The summed E-state index contributed by atoms with van der Waals surface area (Å²) in [6, 6.07) is 10.0. The summed E-state index contributed by atoms with van der Waals surface area (Å²) >= 11 is 1.29. The highest BCUT2D eigenvalue weighted by atomic mass is 32.1. The Labute approximate surface area is 190 Å². The standard InChI is InChI=1S/C23H26N2O6S/c1-13(2)12-31-20-16-10-14(6-9-19(16)32-21(20)22(26)30-5)24-23(27)25-17-8-7-15(28-3)11-18(17)29-4/h6-11,13H,12H2,1-5H3,(H2,24,25,27). The molecule has 0 aliphatic carbocycles. The Morgan fingerprint density at radius 3 is 2.44 bits per heavy atom. The molecule has 0 spiro atoms. The fourth-order valence-corrected chi connectivity index (χ4v) is 4.01. The average molecular weight is 459 g/mol. The molecule has 0 radical (unpaired) electrons. The number of benzene rings is 2. The number of hydrogen-bond acceptors (Lipinski definition) is 7. The van der Waals surface area contributed by atoms with Crippen molar-refractivity contribution in [3.05, 3.63) is 41.3 Å². The number of methoxy groups -OCH3 is 3. The molecule has 0 saturated heterocycles. The maximum absolute atomic E-state index is 12.6. The van der Waals surface area contributed by atoms with Gasteiger partial charge in [-0.3, -0.25) is 0 Å². The number of hydrogen-bond donors (Lipinski definition) is 2. The topological polar surface area (TPSA) is 95.1 Å². The van der Waals surface area contributed by atoms with Crippen LogP contribution in [0.2, 0.25) is 0 Å². The van der Waals surface area contributed by atoms with Crippen LogP contribution in [0.25, 0.3) is 10.1 Å². The lowest BCUT2D eigenvalue weighted by Crippen LogP contribution is -2.19. The summed E-state index contributed by atoms with van der Waals surface area (Å²) < 4.78 is 22.2. The van der Waals surface area contributed by atoms with Crippen LogP contribution in [0.15, 0.2) is 36.4 Å². The average Bonchev–Trinajstić information content (AvgIpc) is 3.15. The first-order valence-electron chi connectivity index (χ1n) is 9.94. The summed E-state index contributed by atoms with van der Waals surface area (Å²) in [7, 11) is 4.41. The first-order chi connectivity index (χ1) is 15.4. The predicted molar refractivity (Wildman–Crippen MR) is 126 cm³/mol. The number of thiophene rings is 1. The van der Waals surface area contributed by atoms with E-state index in [-0.39, 0.29) is 5.92 Å². The number of amides is 2. The smallest absolute Gasteiger partial charge is 0.351 e. The van der Waals surface area contributed by atoms with Crippen LogP contribution >= 0.6 is 11.3 Å². The van der Waals surface area contributed by atoms with Crippen molar-refractivity contribution >= 4 is 44.8 Å². The SMILES string of the molecule is COC(=O)c1sc2ccc(NC(=O)Nc3ccc(OC)cc3OC)cc2c1OCC(C)C. The predicted octanol–water partition coefficient (Wildman–Crippen LogP) is 5.38. The Bertz CT molecular complexity index is 1130. The van der Waals surface area contributed by atoms with Crippen LogP contribution in [0, 0.1) is 5.92 Å². The van der Waals surface area contributed by atoms with Crippen molar-refractivity contribution < 1.29 is 28.5 Å². The monoisotopic (exact) mass is 458 g/mol. The lowest BCUT2D eigenvalue weighted by Gasteiger charge is -2.13. The molecule has 0 unspecified atom stereocenters. The molecule has 2 N–H and O–H groups in total.